The molecule has 2 aliphatic rings. The molecule has 0 aromatic rings. The number of likely N-dealkylation sites (tertiary alicyclic amines) is 1. The zero-order chi connectivity index (χ0) is 15.4. The summed E-state index contributed by atoms with van der Waals surface area (Å²) in [7, 11) is 2.04. The number of carboxylic acid groups (broad SMARTS) is 1. The second kappa shape index (κ2) is 7.09. The number of rotatable bonds is 3. The highest BCUT2D eigenvalue weighted by Gasteiger charge is 2.32. The molecule has 120 valence electrons. The van der Waals surface area contributed by atoms with Crippen molar-refractivity contribution in [2.24, 2.45) is 5.92 Å². The van der Waals surface area contributed by atoms with Crippen LogP contribution in [-0.2, 0) is 9.53 Å². The Labute approximate surface area is 125 Å². The van der Waals surface area contributed by atoms with Crippen molar-refractivity contribution in [2.75, 3.05) is 39.8 Å². The Balaban J connectivity index is 1.77. The topological polar surface area (TPSA) is 82.1 Å². The maximum Gasteiger partial charge on any atom is 0.317 e. The van der Waals surface area contributed by atoms with Gasteiger partial charge in [0.2, 0.25) is 0 Å². The SMILES string of the molecule is CC1CC(C(=O)O)CCN1C(=O)NCC1CN(C)CCO1. The largest absolute Gasteiger partial charge is 0.481 e. The number of carboxylic acids is 1. The number of piperidine rings is 1. The normalized spacial score (nSPS) is 31.0. The van der Waals surface area contributed by atoms with Crippen LogP contribution in [0.15, 0.2) is 0 Å². The Morgan fingerprint density at radius 2 is 2.14 bits per heavy atom. The Hall–Kier alpha value is -1.34. The molecule has 0 bridgehead atoms. The third-order valence-corrected chi connectivity index (χ3v) is 4.31. The summed E-state index contributed by atoms with van der Waals surface area (Å²) in [5.41, 5.74) is 0. The summed E-state index contributed by atoms with van der Waals surface area (Å²) in [4.78, 5) is 27.1. The maximum absolute atomic E-state index is 12.2. The molecule has 0 aliphatic carbocycles. The van der Waals surface area contributed by atoms with Gasteiger partial charge in [-0.2, -0.15) is 0 Å². The fourth-order valence-electron chi connectivity index (χ4n) is 2.99. The number of aliphatic carboxylic acids is 1. The lowest BCUT2D eigenvalue weighted by Gasteiger charge is -2.37. The Bertz CT molecular complexity index is 390. The lowest BCUT2D eigenvalue weighted by Crippen LogP contribution is -2.53. The first-order chi connectivity index (χ1) is 9.97. The van der Waals surface area contributed by atoms with Crippen LogP contribution in [0.2, 0.25) is 0 Å². The number of hydrogen-bond acceptors (Lipinski definition) is 4. The summed E-state index contributed by atoms with van der Waals surface area (Å²) in [5, 5.41) is 11.9. The number of amides is 2. The third-order valence-electron chi connectivity index (χ3n) is 4.31. The van der Waals surface area contributed by atoms with Gasteiger partial charge >= 0.3 is 12.0 Å². The van der Waals surface area contributed by atoms with E-state index in [1.807, 2.05) is 14.0 Å². The van der Waals surface area contributed by atoms with Crippen molar-refractivity contribution in [2.45, 2.75) is 31.9 Å². The predicted molar refractivity (Wildman–Crippen MR) is 77.2 cm³/mol. The van der Waals surface area contributed by atoms with Crippen molar-refractivity contribution in [1.29, 1.82) is 0 Å². The first-order valence-electron chi connectivity index (χ1n) is 7.54. The smallest absolute Gasteiger partial charge is 0.317 e. The number of hydrogen-bond donors (Lipinski definition) is 2. The van der Waals surface area contributed by atoms with E-state index in [4.69, 9.17) is 9.84 Å². The van der Waals surface area contributed by atoms with Crippen LogP contribution in [0.5, 0.6) is 0 Å². The van der Waals surface area contributed by atoms with E-state index in [9.17, 15) is 9.59 Å². The van der Waals surface area contributed by atoms with Gasteiger partial charge in [-0.3, -0.25) is 4.79 Å². The number of nitrogens with zero attached hydrogens (tertiary/aromatic N) is 2. The van der Waals surface area contributed by atoms with Gasteiger partial charge in [-0.15, -0.1) is 0 Å². The van der Waals surface area contributed by atoms with Gasteiger partial charge in [0, 0.05) is 32.2 Å². The van der Waals surface area contributed by atoms with Gasteiger partial charge in [-0.25, -0.2) is 4.79 Å². The van der Waals surface area contributed by atoms with Crippen LogP contribution in [0.4, 0.5) is 4.79 Å². The molecule has 0 aromatic heterocycles. The molecule has 2 fully saturated rings. The monoisotopic (exact) mass is 299 g/mol. The molecule has 0 radical (unpaired) electrons. The molecule has 3 atom stereocenters. The fraction of sp³-hybridized carbons (Fsp3) is 0.857. The van der Waals surface area contributed by atoms with Crippen LogP contribution in [0.1, 0.15) is 19.8 Å². The quantitative estimate of drug-likeness (QED) is 0.778. The number of nitrogens with one attached hydrogen (secondary N) is 1. The first kappa shape index (κ1) is 16.0. The lowest BCUT2D eigenvalue weighted by atomic mass is 9.92. The number of ether oxygens (including phenoxy) is 1. The van der Waals surface area contributed by atoms with E-state index in [1.165, 1.54) is 0 Å². The van der Waals surface area contributed by atoms with Crippen LogP contribution in [0.3, 0.4) is 0 Å². The summed E-state index contributed by atoms with van der Waals surface area (Å²) in [5.74, 6) is -1.10. The molecule has 0 aromatic carbocycles. The van der Waals surface area contributed by atoms with Gasteiger partial charge in [0.1, 0.15) is 0 Å². The van der Waals surface area contributed by atoms with Crippen molar-refractivity contribution in [1.82, 2.24) is 15.1 Å². The van der Waals surface area contributed by atoms with Crippen molar-refractivity contribution >= 4 is 12.0 Å². The molecule has 2 rings (SSSR count). The van der Waals surface area contributed by atoms with Gasteiger partial charge in [-0.05, 0) is 26.8 Å². The minimum atomic E-state index is -0.763. The van der Waals surface area contributed by atoms with Crippen LogP contribution < -0.4 is 5.32 Å². The van der Waals surface area contributed by atoms with E-state index in [-0.39, 0.29) is 24.1 Å². The molecular weight excluding hydrogens is 274 g/mol. The average Bonchev–Trinajstić information content (AvgIpc) is 2.44. The van der Waals surface area contributed by atoms with Crippen LogP contribution >= 0.6 is 0 Å². The molecule has 0 saturated carbocycles. The first-order valence-corrected chi connectivity index (χ1v) is 7.54. The highest BCUT2D eigenvalue weighted by molar-refractivity contribution is 5.75. The number of urea groups is 1. The summed E-state index contributed by atoms with van der Waals surface area (Å²) in [6.45, 7) is 5.32. The molecule has 2 amide bonds. The van der Waals surface area contributed by atoms with Gasteiger partial charge in [0.05, 0.1) is 18.6 Å². The van der Waals surface area contributed by atoms with E-state index >= 15 is 0 Å². The van der Waals surface area contributed by atoms with Crippen LogP contribution in [-0.4, -0.2) is 78.9 Å². The summed E-state index contributed by atoms with van der Waals surface area (Å²) >= 11 is 0. The lowest BCUT2D eigenvalue weighted by molar-refractivity contribution is -0.143. The van der Waals surface area contributed by atoms with Gasteiger partial charge < -0.3 is 25.0 Å². The molecule has 21 heavy (non-hydrogen) atoms. The average molecular weight is 299 g/mol. The Morgan fingerprint density at radius 1 is 1.38 bits per heavy atom. The number of morpholine rings is 1. The molecule has 2 N–H and O–H groups in total. The van der Waals surface area contributed by atoms with Crippen molar-refractivity contribution in [3.8, 4) is 0 Å². The maximum atomic E-state index is 12.2. The molecular formula is C14H25N3O4. The molecule has 7 nitrogen and oxygen atoms in total. The van der Waals surface area contributed by atoms with E-state index in [1.54, 1.807) is 4.90 Å². The van der Waals surface area contributed by atoms with Gasteiger partial charge in [-0.1, -0.05) is 0 Å². The number of carbonyl (C=O) groups is 2. The molecule has 7 heteroatoms. The zero-order valence-corrected chi connectivity index (χ0v) is 12.7. The van der Waals surface area contributed by atoms with E-state index in [2.05, 4.69) is 10.2 Å². The highest BCUT2D eigenvalue weighted by Crippen LogP contribution is 2.22. The fourth-order valence-corrected chi connectivity index (χ4v) is 2.99. The number of likely N-dealkylation sites (N-methyl/N-ethyl adjacent to an activating group) is 1. The van der Waals surface area contributed by atoms with E-state index < -0.39 is 5.97 Å². The highest BCUT2D eigenvalue weighted by atomic mass is 16.5. The summed E-state index contributed by atoms with van der Waals surface area (Å²) < 4.78 is 5.61. The predicted octanol–water partition coefficient (Wildman–Crippen LogP) is 0.212. The Morgan fingerprint density at radius 3 is 2.76 bits per heavy atom. The molecule has 0 spiro atoms. The van der Waals surface area contributed by atoms with E-state index in [0.717, 1.165) is 13.1 Å². The second-order valence-corrected chi connectivity index (χ2v) is 6.04. The minimum Gasteiger partial charge on any atom is -0.481 e. The molecule has 2 saturated heterocycles. The summed E-state index contributed by atoms with van der Waals surface area (Å²) in [6.07, 6.45) is 1.07. The second-order valence-electron chi connectivity index (χ2n) is 6.04. The van der Waals surface area contributed by atoms with Crippen LogP contribution in [0, 0.1) is 5.92 Å². The zero-order valence-electron chi connectivity index (χ0n) is 12.7. The van der Waals surface area contributed by atoms with Crippen molar-refractivity contribution in [3.63, 3.8) is 0 Å². The third kappa shape index (κ3) is 4.31. The van der Waals surface area contributed by atoms with Gasteiger partial charge in [0.15, 0.2) is 0 Å². The van der Waals surface area contributed by atoms with Crippen molar-refractivity contribution in [3.05, 3.63) is 0 Å². The minimum absolute atomic E-state index is 0.0274. The van der Waals surface area contributed by atoms with Crippen LogP contribution in [0.25, 0.3) is 0 Å². The standard InChI is InChI=1S/C14H25N3O4/c1-10-7-11(13(18)19)3-4-17(10)14(20)15-8-12-9-16(2)5-6-21-12/h10-12H,3-9H2,1-2H3,(H,15,20)(H,18,19). The Kier molecular flexibility index (Phi) is 5.41. The summed E-state index contributed by atoms with van der Waals surface area (Å²) in [6, 6.07) is -0.169. The number of carbonyl (C=O) groups excluding carboxylic acids is 1. The molecule has 2 aliphatic heterocycles. The molecule has 3 unspecified atom stereocenters. The van der Waals surface area contributed by atoms with Gasteiger partial charge in [0.25, 0.3) is 0 Å². The van der Waals surface area contributed by atoms with E-state index in [0.29, 0.717) is 32.5 Å². The molecule has 2 heterocycles. The van der Waals surface area contributed by atoms with Crippen molar-refractivity contribution < 1.29 is 19.4 Å².